The van der Waals surface area contributed by atoms with Crippen molar-refractivity contribution in [2.45, 2.75) is 25.3 Å². The molecule has 0 N–H and O–H groups in total. The fraction of sp³-hybridized carbons (Fsp3) is 0.269. The third kappa shape index (κ3) is 4.41. The number of methoxy groups -OCH3 is 2. The van der Waals surface area contributed by atoms with Gasteiger partial charge < -0.3 is 14.4 Å². The second-order valence-electron chi connectivity index (χ2n) is 7.68. The number of carbonyl (C=O) groups excluding carboxylic acids is 1. The third-order valence-electron chi connectivity index (χ3n) is 5.85. The molecule has 0 radical (unpaired) electrons. The monoisotopic (exact) mass is 419 g/mol. The third-order valence-corrected chi connectivity index (χ3v) is 5.85. The minimum atomic E-state index is -0.299. The van der Waals surface area contributed by atoms with Gasteiger partial charge in [-0.05, 0) is 59.4 Å². The van der Waals surface area contributed by atoms with Crippen LogP contribution in [-0.2, 0) is 17.6 Å². The normalized spacial score (nSPS) is 15.3. The lowest BCUT2D eigenvalue weighted by Gasteiger charge is -2.38. The SMILES string of the molecule is COc1cc2c(cc1OC)[C@H](c1ccc(F)cc1)N(C(=O)CCc1ccccc1)CC2. The average Bonchev–Trinajstić information content (AvgIpc) is 2.82. The zero-order valence-corrected chi connectivity index (χ0v) is 17.8. The van der Waals surface area contributed by atoms with Gasteiger partial charge in [0.2, 0.25) is 5.91 Å². The van der Waals surface area contributed by atoms with Gasteiger partial charge in [-0.15, -0.1) is 0 Å². The van der Waals surface area contributed by atoms with Crippen LogP contribution in [0.2, 0.25) is 0 Å². The number of benzene rings is 3. The molecule has 0 saturated carbocycles. The molecule has 1 heterocycles. The lowest BCUT2D eigenvalue weighted by Crippen LogP contribution is -2.40. The molecule has 3 aromatic carbocycles. The highest BCUT2D eigenvalue weighted by atomic mass is 19.1. The van der Waals surface area contributed by atoms with Gasteiger partial charge in [0.25, 0.3) is 0 Å². The molecule has 0 saturated heterocycles. The number of nitrogens with zero attached hydrogens (tertiary/aromatic N) is 1. The Kier molecular flexibility index (Phi) is 6.21. The lowest BCUT2D eigenvalue weighted by molar-refractivity contribution is -0.133. The predicted molar refractivity (Wildman–Crippen MR) is 118 cm³/mol. The van der Waals surface area contributed by atoms with Crippen LogP contribution in [0.15, 0.2) is 66.7 Å². The molecule has 0 fully saturated rings. The molecule has 160 valence electrons. The number of halogens is 1. The van der Waals surface area contributed by atoms with Crippen molar-refractivity contribution in [1.82, 2.24) is 4.90 Å². The van der Waals surface area contributed by atoms with Crippen molar-refractivity contribution < 1.29 is 18.7 Å². The van der Waals surface area contributed by atoms with Crippen LogP contribution in [-0.4, -0.2) is 31.6 Å². The van der Waals surface area contributed by atoms with Crippen LogP contribution >= 0.6 is 0 Å². The summed E-state index contributed by atoms with van der Waals surface area (Å²) in [5.41, 5.74) is 4.11. The van der Waals surface area contributed by atoms with Crippen LogP contribution in [0.4, 0.5) is 4.39 Å². The molecule has 0 spiro atoms. The molecule has 0 bridgehead atoms. The molecule has 3 aromatic rings. The maximum absolute atomic E-state index is 13.6. The van der Waals surface area contributed by atoms with Gasteiger partial charge >= 0.3 is 0 Å². The molecule has 31 heavy (non-hydrogen) atoms. The Bertz CT molecular complexity index is 1050. The summed E-state index contributed by atoms with van der Waals surface area (Å²) in [6.45, 7) is 0.595. The van der Waals surface area contributed by atoms with Gasteiger partial charge in [-0.25, -0.2) is 4.39 Å². The van der Waals surface area contributed by atoms with Crippen molar-refractivity contribution in [1.29, 1.82) is 0 Å². The lowest BCUT2D eigenvalue weighted by atomic mass is 9.87. The molecular formula is C26H26FNO3. The molecular weight excluding hydrogens is 393 g/mol. The van der Waals surface area contributed by atoms with Crippen LogP contribution in [0.5, 0.6) is 11.5 Å². The Balaban J connectivity index is 1.69. The van der Waals surface area contributed by atoms with Crippen LogP contribution < -0.4 is 9.47 Å². The molecule has 1 aliphatic heterocycles. The van der Waals surface area contributed by atoms with E-state index in [1.54, 1.807) is 26.4 Å². The number of hydrogen-bond donors (Lipinski definition) is 0. The van der Waals surface area contributed by atoms with E-state index >= 15 is 0 Å². The number of amides is 1. The molecule has 0 unspecified atom stereocenters. The van der Waals surface area contributed by atoms with E-state index in [-0.39, 0.29) is 17.8 Å². The predicted octanol–water partition coefficient (Wildman–Crippen LogP) is 4.95. The Labute approximate surface area is 182 Å². The van der Waals surface area contributed by atoms with Gasteiger partial charge in [-0.2, -0.15) is 0 Å². The van der Waals surface area contributed by atoms with Crippen LogP contribution in [0.1, 0.15) is 34.7 Å². The van der Waals surface area contributed by atoms with E-state index in [0.29, 0.717) is 30.9 Å². The van der Waals surface area contributed by atoms with Crippen molar-refractivity contribution in [2.24, 2.45) is 0 Å². The molecule has 0 aromatic heterocycles. The summed E-state index contributed by atoms with van der Waals surface area (Å²) in [6.07, 6.45) is 1.83. The van der Waals surface area contributed by atoms with Crippen molar-refractivity contribution in [2.75, 3.05) is 20.8 Å². The molecule has 1 amide bonds. The van der Waals surface area contributed by atoms with E-state index in [1.807, 2.05) is 47.4 Å². The van der Waals surface area contributed by atoms with Crippen molar-refractivity contribution in [3.63, 3.8) is 0 Å². The molecule has 4 nitrogen and oxygen atoms in total. The van der Waals surface area contributed by atoms with E-state index < -0.39 is 0 Å². The van der Waals surface area contributed by atoms with Crippen LogP contribution in [0, 0.1) is 5.82 Å². The number of ether oxygens (including phenoxy) is 2. The second-order valence-corrected chi connectivity index (χ2v) is 7.68. The largest absolute Gasteiger partial charge is 0.493 e. The van der Waals surface area contributed by atoms with Gasteiger partial charge in [0.1, 0.15) is 5.82 Å². The summed E-state index contributed by atoms with van der Waals surface area (Å²) in [6, 6.07) is 20.0. The first kappa shape index (κ1) is 20.9. The quantitative estimate of drug-likeness (QED) is 0.568. The summed E-state index contributed by atoms with van der Waals surface area (Å²) < 4.78 is 24.6. The summed E-state index contributed by atoms with van der Waals surface area (Å²) >= 11 is 0. The van der Waals surface area contributed by atoms with E-state index in [0.717, 1.165) is 28.7 Å². The summed E-state index contributed by atoms with van der Waals surface area (Å²) in [7, 11) is 3.21. The maximum Gasteiger partial charge on any atom is 0.223 e. The first-order valence-electron chi connectivity index (χ1n) is 10.4. The average molecular weight is 419 g/mol. The highest BCUT2D eigenvalue weighted by molar-refractivity contribution is 5.78. The molecule has 1 aliphatic rings. The topological polar surface area (TPSA) is 38.8 Å². The van der Waals surface area contributed by atoms with Gasteiger partial charge in [0.05, 0.1) is 20.3 Å². The Morgan fingerprint density at radius 2 is 1.68 bits per heavy atom. The van der Waals surface area contributed by atoms with Crippen LogP contribution in [0.3, 0.4) is 0 Å². The number of carbonyl (C=O) groups is 1. The maximum atomic E-state index is 13.6. The van der Waals surface area contributed by atoms with Gasteiger partial charge in [-0.3, -0.25) is 4.79 Å². The highest BCUT2D eigenvalue weighted by Gasteiger charge is 2.33. The number of fused-ring (bicyclic) bond motifs is 1. The Morgan fingerprint density at radius 3 is 2.35 bits per heavy atom. The first-order valence-corrected chi connectivity index (χ1v) is 10.4. The van der Waals surface area contributed by atoms with Gasteiger partial charge in [-0.1, -0.05) is 42.5 Å². The molecule has 0 aliphatic carbocycles. The van der Waals surface area contributed by atoms with Crippen molar-refractivity contribution in [3.8, 4) is 11.5 Å². The van der Waals surface area contributed by atoms with Crippen LogP contribution in [0.25, 0.3) is 0 Å². The zero-order valence-electron chi connectivity index (χ0n) is 17.8. The fourth-order valence-corrected chi connectivity index (χ4v) is 4.26. The summed E-state index contributed by atoms with van der Waals surface area (Å²) in [5, 5.41) is 0. The Morgan fingerprint density at radius 1 is 1.00 bits per heavy atom. The fourth-order valence-electron chi connectivity index (χ4n) is 4.26. The molecule has 5 heteroatoms. The molecule has 4 rings (SSSR count). The number of rotatable bonds is 6. The first-order chi connectivity index (χ1) is 15.1. The Hall–Kier alpha value is -3.34. The number of aryl methyl sites for hydroxylation is 1. The van der Waals surface area contributed by atoms with Crippen molar-refractivity contribution >= 4 is 5.91 Å². The highest BCUT2D eigenvalue weighted by Crippen LogP contribution is 2.41. The van der Waals surface area contributed by atoms with E-state index in [4.69, 9.17) is 9.47 Å². The van der Waals surface area contributed by atoms with E-state index in [9.17, 15) is 9.18 Å². The standard InChI is InChI=1S/C26H26FNO3/c1-30-23-16-20-14-15-28(25(29)13-8-18-6-4-3-5-7-18)26(22(20)17-24(23)31-2)19-9-11-21(27)12-10-19/h3-7,9-12,16-17,26H,8,13-15H2,1-2H3/t26-/m0/s1. The minimum absolute atomic E-state index is 0.0820. The number of hydrogen-bond acceptors (Lipinski definition) is 3. The minimum Gasteiger partial charge on any atom is -0.493 e. The van der Waals surface area contributed by atoms with Crippen molar-refractivity contribution in [3.05, 3.63) is 94.8 Å². The smallest absolute Gasteiger partial charge is 0.223 e. The molecule has 1 atom stereocenters. The van der Waals surface area contributed by atoms with Gasteiger partial charge in [0.15, 0.2) is 11.5 Å². The van der Waals surface area contributed by atoms with E-state index in [2.05, 4.69) is 0 Å². The van der Waals surface area contributed by atoms with Gasteiger partial charge in [0, 0.05) is 13.0 Å². The second kappa shape index (κ2) is 9.21. The zero-order chi connectivity index (χ0) is 21.8. The van der Waals surface area contributed by atoms with E-state index in [1.165, 1.54) is 12.1 Å². The summed E-state index contributed by atoms with van der Waals surface area (Å²) in [4.78, 5) is 15.2. The summed E-state index contributed by atoms with van der Waals surface area (Å²) in [5.74, 6) is 1.07.